The molecule has 0 aliphatic carbocycles. The number of rotatable bonds is 6. The van der Waals surface area contributed by atoms with Gasteiger partial charge in [0.05, 0.1) is 6.04 Å². The van der Waals surface area contributed by atoms with Crippen LogP contribution in [0.5, 0.6) is 0 Å². The molecular formula is C16H25F2N3. The van der Waals surface area contributed by atoms with Gasteiger partial charge in [-0.3, -0.25) is 16.2 Å². The maximum absolute atomic E-state index is 14.2. The first-order valence-electron chi connectivity index (χ1n) is 7.75. The van der Waals surface area contributed by atoms with Crippen LogP contribution in [0.4, 0.5) is 8.78 Å². The van der Waals surface area contributed by atoms with Crippen molar-refractivity contribution in [3.05, 3.63) is 35.4 Å². The second-order valence-corrected chi connectivity index (χ2v) is 5.74. The first-order chi connectivity index (χ1) is 10.1. The van der Waals surface area contributed by atoms with Crippen molar-refractivity contribution in [2.24, 2.45) is 5.84 Å². The highest BCUT2D eigenvalue weighted by Crippen LogP contribution is 2.40. The fourth-order valence-electron chi connectivity index (χ4n) is 3.74. The number of nitrogens with zero attached hydrogens (tertiary/aromatic N) is 1. The summed E-state index contributed by atoms with van der Waals surface area (Å²) >= 11 is 0. The molecule has 3 N–H and O–H groups in total. The highest BCUT2D eigenvalue weighted by atomic mass is 19.1. The summed E-state index contributed by atoms with van der Waals surface area (Å²) in [6, 6.07) is 3.41. The number of hydrazine groups is 1. The smallest absolute Gasteiger partial charge is 0.131 e. The van der Waals surface area contributed by atoms with Crippen LogP contribution in [0, 0.1) is 11.6 Å². The molecule has 1 aliphatic rings. The zero-order valence-corrected chi connectivity index (χ0v) is 12.8. The maximum atomic E-state index is 14.2. The van der Waals surface area contributed by atoms with E-state index in [1.165, 1.54) is 18.2 Å². The molecule has 5 heteroatoms. The lowest BCUT2D eigenvalue weighted by Gasteiger charge is -2.46. The summed E-state index contributed by atoms with van der Waals surface area (Å²) in [7, 11) is 0. The molecule has 0 bridgehead atoms. The molecule has 0 aromatic heterocycles. The molecule has 0 saturated carbocycles. The fraction of sp³-hybridized carbons (Fsp3) is 0.625. The van der Waals surface area contributed by atoms with Crippen LogP contribution in [0.2, 0.25) is 0 Å². The minimum absolute atomic E-state index is 0.0515. The Morgan fingerprint density at radius 2 is 1.71 bits per heavy atom. The lowest BCUT2D eigenvalue weighted by Crippen LogP contribution is -2.57. The number of hydrogen-bond acceptors (Lipinski definition) is 3. The van der Waals surface area contributed by atoms with Crippen LogP contribution in [-0.4, -0.2) is 23.5 Å². The van der Waals surface area contributed by atoms with Crippen molar-refractivity contribution in [3.63, 3.8) is 0 Å². The molecule has 1 aromatic rings. The maximum Gasteiger partial charge on any atom is 0.131 e. The zero-order chi connectivity index (χ0) is 15.5. The summed E-state index contributed by atoms with van der Waals surface area (Å²) in [6.07, 6.45) is 3.82. The van der Waals surface area contributed by atoms with Crippen molar-refractivity contribution >= 4 is 0 Å². The van der Waals surface area contributed by atoms with E-state index in [9.17, 15) is 8.78 Å². The summed E-state index contributed by atoms with van der Waals surface area (Å²) in [5.41, 5.74) is 2.38. The van der Waals surface area contributed by atoms with Crippen LogP contribution in [-0.2, 0) is 0 Å². The summed E-state index contributed by atoms with van der Waals surface area (Å²) in [6.45, 7) is 6.03. The Labute approximate surface area is 125 Å². The van der Waals surface area contributed by atoms with E-state index in [-0.39, 0.29) is 11.1 Å². The van der Waals surface area contributed by atoms with Crippen LogP contribution in [0.25, 0.3) is 0 Å². The van der Waals surface area contributed by atoms with Crippen LogP contribution in [0.3, 0.4) is 0 Å². The Morgan fingerprint density at radius 1 is 1.19 bits per heavy atom. The van der Waals surface area contributed by atoms with Crippen molar-refractivity contribution in [1.29, 1.82) is 0 Å². The normalized spacial score (nSPS) is 18.1. The third-order valence-electron chi connectivity index (χ3n) is 4.95. The Morgan fingerprint density at radius 3 is 2.14 bits per heavy atom. The molecule has 0 radical (unpaired) electrons. The van der Waals surface area contributed by atoms with Gasteiger partial charge in [-0.15, -0.1) is 0 Å². The van der Waals surface area contributed by atoms with Gasteiger partial charge in [-0.2, -0.15) is 0 Å². The SMILES string of the molecule is CCC(CC)(C(NN)c1c(F)cccc1F)N1CCCC1. The van der Waals surface area contributed by atoms with E-state index in [0.29, 0.717) is 0 Å². The van der Waals surface area contributed by atoms with Crippen LogP contribution >= 0.6 is 0 Å². The quantitative estimate of drug-likeness (QED) is 0.626. The van der Waals surface area contributed by atoms with Gasteiger partial charge < -0.3 is 0 Å². The van der Waals surface area contributed by atoms with Gasteiger partial charge in [0.1, 0.15) is 11.6 Å². The highest BCUT2D eigenvalue weighted by molar-refractivity contribution is 5.27. The van der Waals surface area contributed by atoms with E-state index >= 15 is 0 Å². The van der Waals surface area contributed by atoms with Crippen LogP contribution in [0.1, 0.15) is 51.1 Å². The largest absolute Gasteiger partial charge is 0.296 e. The number of halogens is 2. The number of nitrogens with two attached hydrogens (primary N) is 1. The molecule has 21 heavy (non-hydrogen) atoms. The molecule has 1 aromatic carbocycles. The van der Waals surface area contributed by atoms with E-state index in [4.69, 9.17) is 5.84 Å². The Balaban J connectivity index is 2.49. The fourth-order valence-corrected chi connectivity index (χ4v) is 3.74. The van der Waals surface area contributed by atoms with E-state index < -0.39 is 17.7 Å². The average Bonchev–Trinajstić information content (AvgIpc) is 3.01. The molecule has 1 fully saturated rings. The Kier molecular flexibility index (Phi) is 5.30. The molecule has 1 unspecified atom stereocenters. The average molecular weight is 297 g/mol. The standard InChI is InChI=1S/C16H25F2N3/c1-3-16(4-2,21-10-5-6-11-21)15(20-19)14-12(17)8-7-9-13(14)18/h7-9,15,20H,3-6,10-11,19H2,1-2H3. The van der Waals surface area contributed by atoms with E-state index in [2.05, 4.69) is 24.2 Å². The molecular weight excluding hydrogens is 272 g/mol. The van der Waals surface area contributed by atoms with Crippen molar-refractivity contribution in [2.75, 3.05) is 13.1 Å². The number of likely N-dealkylation sites (tertiary alicyclic amines) is 1. The molecule has 118 valence electrons. The topological polar surface area (TPSA) is 41.3 Å². The van der Waals surface area contributed by atoms with E-state index in [0.717, 1.165) is 38.8 Å². The van der Waals surface area contributed by atoms with Crippen molar-refractivity contribution in [1.82, 2.24) is 10.3 Å². The number of nitrogens with one attached hydrogen (secondary N) is 1. The van der Waals surface area contributed by atoms with Gasteiger partial charge in [-0.1, -0.05) is 19.9 Å². The zero-order valence-electron chi connectivity index (χ0n) is 12.8. The molecule has 1 atom stereocenters. The second kappa shape index (κ2) is 6.81. The van der Waals surface area contributed by atoms with Gasteiger partial charge in [0.15, 0.2) is 0 Å². The van der Waals surface area contributed by atoms with E-state index in [1.54, 1.807) is 0 Å². The van der Waals surface area contributed by atoms with Gasteiger partial charge in [0.25, 0.3) is 0 Å². The molecule has 1 aliphatic heterocycles. The second-order valence-electron chi connectivity index (χ2n) is 5.74. The highest BCUT2D eigenvalue weighted by Gasteiger charge is 2.44. The number of hydrogen-bond donors (Lipinski definition) is 2. The predicted molar refractivity (Wildman–Crippen MR) is 80.5 cm³/mol. The Bertz CT molecular complexity index is 448. The minimum Gasteiger partial charge on any atom is -0.296 e. The first kappa shape index (κ1) is 16.3. The monoisotopic (exact) mass is 297 g/mol. The molecule has 3 nitrogen and oxygen atoms in total. The summed E-state index contributed by atoms with van der Waals surface area (Å²) in [4.78, 5) is 2.34. The lowest BCUT2D eigenvalue weighted by atomic mass is 9.79. The van der Waals surface area contributed by atoms with E-state index in [1.807, 2.05) is 0 Å². The van der Waals surface area contributed by atoms with Crippen molar-refractivity contribution in [2.45, 2.75) is 51.1 Å². The van der Waals surface area contributed by atoms with Gasteiger partial charge in [-0.25, -0.2) is 8.78 Å². The molecule has 0 amide bonds. The summed E-state index contributed by atoms with van der Waals surface area (Å²) in [5.74, 6) is 4.66. The third-order valence-corrected chi connectivity index (χ3v) is 4.95. The van der Waals surface area contributed by atoms with Gasteiger partial charge in [0.2, 0.25) is 0 Å². The summed E-state index contributed by atoms with van der Waals surface area (Å²) in [5, 5.41) is 0. The first-order valence-corrected chi connectivity index (χ1v) is 7.75. The molecule has 0 spiro atoms. The predicted octanol–water partition coefficient (Wildman–Crippen LogP) is 3.12. The lowest BCUT2D eigenvalue weighted by molar-refractivity contribution is 0.0587. The van der Waals surface area contributed by atoms with Crippen molar-refractivity contribution in [3.8, 4) is 0 Å². The molecule has 1 saturated heterocycles. The third kappa shape index (κ3) is 2.82. The minimum atomic E-state index is -0.563. The summed E-state index contributed by atoms with van der Waals surface area (Å²) < 4.78 is 28.4. The molecule has 2 rings (SSSR count). The van der Waals surface area contributed by atoms with Crippen LogP contribution < -0.4 is 11.3 Å². The number of benzene rings is 1. The van der Waals surface area contributed by atoms with Crippen molar-refractivity contribution < 1.29 is 8.78 Å². The van der Waals surface area contributed by atoms with Gasteiger partial charge in [0, 0.05) is 11.1 Å². The Hall–Kier alpha value is -1.04. The van der Waals surface area contributed by atoms with Crippen LogP contribution in [0.15, 0.2) is 18.2 Å². The van der Waals surface area contributed by atoms with Gasteiger partial charge >= 0.3 is 0 Å². The van der Waals surface area contributed by atoms with Gasteiger partial charge in [-0.05, 0) is 50.9 Å². The molecule has 1 heterocycles.